The van der Waals surface area contributed by atoms with Crippen LogP contribution in [-0.4, -0.2) is 51.7 Å². The van der Waals surface area contributed by atoms with Crippen LogP contribution in [0.5, 0.6) is 0 Å². The van der Waals surface area contributed by atoms with Gasteiger partial charge < -0.3 is 0 Å². The summed E-state index contributed by atoms with van der Waals surface area (Å²) in [5.41, 5.74) is 6.83. The van der Waals surface area contributed by atoms with Crippen LogP contribution in [0.1, 0.15) is 81.4 Å². The van der Waals surface area contributed by atoms with Crippen molar-refractivity contribution in [3.05, 3.63) is 40.1 Å². The average molecular weight is 533 g/mol. The van der Waals surface area contributed by atoms with Crippen LogP contribution in [0.4, 0.5) is 13.2 Å². The van der Waals surface area contributed by atoms with Crippen molar-refractivity contribution in [3.8, 4) is 0 Å². The number of nitrogens with one attached hydrogen (secondary N) is 2. The van der Waals surface area contributed by atoms with E-state index in [0.717, 1.165) is 64.7 Å². The van der Waals surface area contributed by atoms with Crippen LogP contribution in [0.2, 0.25) is 0 Å². The predicted molar refractivity (Wildman–Crippen MR) is 138 cm³/mol. The molecule has 7 nitrogen and oxygen atoms in total. The lowest BCUT2D eigenvalue weighted by Crippen LogP contribution is -2.57. The van der Waals surface area contributed by atoms with E-state index in [9.17, 15) is 18.0 Å². The van der Waals surface area contributed by atoms with E-state index in [2.05, 4.69) is 27.7 Å². The van der Waals surface area contributed by atoms with Gasteiger partial charge in [-0.1, -0.05) is 12.8 Å². The molecule has 2 saturated heterocycles. The topological polar surface area (TPSA) is 56.9 Å². The molecule has 4 heterocycles. The summed E-state index contributed by atoms with van der Waals surface area (Å²) in [6, 6.07) is 1.20. The molecular weight excluding hydrogens is 493 g/mol. The van der Waals surface area contributed by atoms with Crippen molar-refractivity contribution in [2.24, 2.45) is 16.7 Å². The van der Waals surface area contributed by atoms with Crippen LogP contribution >= 0.6 is 0 Å². The van der Waals surface area contributed by atoms with Gasteiger partial charge in [0.25, 0.3) is 0 Å². The molecule has 5 aliphatic rings. The van der Waals surface area contributed by atoms with Gasteiger partial charge in [-0.3, -0.25) is 18.8 Å². The number of nitrogens with zero attached hydrogens (tertiary/aromatic N) is 4. The number of hydrogen-bond acceptors (Lipinski definition) is 5. The summed E-state index contributed by atoms with van der Waals surface area (Å²) in [6.45, 7) is 3.13. The first kappa shape index (κ1) is 25.1. The second-order valence-electron chi connectivity index (χ2n) is 13.0. The lowest BCUT2D eigenvalue weighted by molar-refractivity contribution is -0.136. The number of aromatic nitrogens is 2. The van der Waals surface area contributed by atoms with Crippen LogP contribution in [0.15, 0.2) is 23.3 Å². The summed E-state index contributed by atoms with van der Waals surface area (Å²) < 4.78 is 45.7. The number of fused-ring (bicyclic) bond motifs is 1. The Bertz CT molecular complexity index is 1280. The van der Waals surface area contributed by atoms with E-state index in [1.165, 1.54) is 35.9 Å². The lowest BCUT2D eigenvalue weighted by Gasteiger charge is -2.55. The monoisotopic (exact) mass is 532 g/mol. The van der Waals surface area contributed by atoms with E-state index in [0.29, 0.717) is 23.4 Å². The zero-order chi connectivity index (χ0) is 26.3. The van der Waals surface area contributed by atoms with E-state index >= 15 is 0 Å². The number of pyridine rings is 1. The van der Waals surface area contributed by atoms with Crippen molar-refractivity contribution in [2.75, 3.05) is 26.8 Å². The van der Waals surface area contributed by atoms with Gasteiger partial charge >= 0.3 is 11.9 Å². The van der Waals surface area contributed by atoms with Gasteiger partial charge in [0.2, 0.25) is 0 Å². The highest BCUT2D eigenvalue weighted by molar-refractivity contribution is 5.56. The van der Waals surface area contributed by atoms with Crippen molar-refractivity contribution < 1.29 is 13.2 Å². The van der Waals surface area contributed by atoms with Crippen LogP contribution < -0.4 is 16.5 Å². The van der Waals surface area contributed by atoms with E-state index in [4.69, 9.17) is 0 Å². The minimum Gasteiger partial charge on any atom is -0.298 e. The largest absolute Gasteiger partial charge is 0.418 e. The molecule has 208 valence electrons. The van der Waals surface area contributed by atoms with Crippen molar-refractivity contribution >= 4 is 5.52 Å². The van der Waals surface area contributed by atoms with E-state index in [-0.39, 0.29) is 28.8 Å². The highest BCUT2D eigenvalue weighted by Crippen LogP contribution is 2.56. The second kappa shape index (κ2) is 8.81. The third-order valence-electron chi connectivity index (χ3n) is 10.7. The predicted octanol–water partition coefficient (Wildman–Crippen LogP) is 4.33. The molecule has 0 aromatic carbocycles. The summed E-state index contributed by atoms with van der Waals surface area (Å²) in [7, 11) is 2.13. The number of hydrazine groups is 1. The molecule has 2 N–H and O–H groups in total. The van der Waals surface area contributed by atoms with Crippen LogP contribution in [0.25, 0.3) is 5.52 Å². The summed E-state index contributed by atoms with van der Waals surface area (Å²) in [6.07, 6.45) is 9.77. The first-order valence-corrected chi connectivity index (χ1v) is 14.4. The normalized spacial score (nSPS) is 31.3. The molecule has 0 amide bonds. The van der Waals surface area contributed by atoms with Gasteiger partial charge in [0, 0.05) is 36.9 Å². The van der Waals surface area contributed by atoms with Gasteiger partial charge in [-0.25, -0.2) is 15.6 Å². The molecule has 0 radical (unpaired) electrons. The number of imidazole rings is 1. The zero-order valence-electron chi connectivity index (χ0n) is 22.2. The summed E-state index contributed by atoms with van der Waals surface area (Å²) in [4.78, 5) is 18.2. The van der Waals surface area contributed by atoms with E-state index in [1.807, 2.05) is 0 Å². The van der Waals surface area contributed by atoms with Crippen molar-refractivity contribution in [3.63, 3.8) is 0 Å². The van der Waals surface area contributed by atoms with Gasteiger partial charge in [0.1, 0.15) is 0 Å². The number of rotatable bonds is 5. The van der Waals surface area contributed by atoms with Gasteiger partial charge in [-0.2, -0.15) is 13.2 Å². The summed E-state index contributed by atoms with van der Waals surface area (Å²) in [5.74, 6) is 0.437. The Balaban J connectivity index is 1.20. The highest BCUT2D eigenvalue weighted by atomic mass is 19.4. The summed E-state index contributed by atoms with van der Waals surface area (Å²) in [5, 5.41) is 0. The van der Waals surface area contributed by atoms with Gasteiger partial charge in [0.05, 0.1) is 23.9 Å². The van der Waals surface area contributed by atoms with Crippen LogP contribution in [-0.2, 0) is 12.7 Å². The lowest BCUT2D eigenvalue weighted by atomic mass is 9.55. The highest BCUT2D eigenvalue weighted by Gasteiger charge is 2.53. The molecule has 10 heteroatoms. The Hall–Kier alpha value is -1.88. The van der Waals surface area contributed by atoms with Crippen molar-refractivity contribution in [1.82, 2.24) is 29.6 Å². The minimum atomic E-state index is -4.51. The Morgan fingerprint density at radius 3 is 2.53 bits per heavy atom. The number of halogens is 3. The van der Waals surface area contributed by atoms with Crippen molar-refractivity contribution in [2.45, 2.75) is 89.1 Å². The number of alkyl halides is 3. The molecule has 3 saturated carbocycles. The standard InChI is InChI=1S/C28H39F3N6O/c1-34-18-32-33-24(34)27(6-3-7-27)20-4-2-5-21(13-20)36-16-23-22(28(29,30)31)12-19(15-37(23)25(36)38)14-35-11-10-26(17-35)8-9-26/h12,15-16,20-21,24,32-33H,2-11,13-14,17-18H2,1H3. The molecule has 5 fully saturated rings. The minimum absolute atomic E-state index is 0.0202. The van der Waals surface area contributed by atoms with Gasteiger partial charge in [0.15, 0.2) is 0 Å². The molecule has 38 heavy (non-hydrogen) atoms. The third-order valence-corrected chi connectivity index (χ3v) is 10.7. The summed E-state index contributed by atoms with van der Waals surface area (Å²) >= 11 is 0. The Labute approximate surface area is 221 Å². The molecule has 0 bridgehead atoms. The maximum absolute atomic E-state index is 14.3. The molecule has 2 aromatic rings. The second-order valence-corrected chi connectivity index (χ2v) is 13.0. The fourth-order valence-electron chi connectivity index (χ4n) is 8.32. The third kappa shape index (κ3) is 4.05. The van der Waals surface area contributed by atoms with Gasteiger partial charge in [-0.15, -0.1) is 0 Å². The van der Waals surface area contributed by atoms with Gasteiger partial charge in [-0.05, 0) is 87.9 Å². The average Bonchev–Trinajstić information content (AvgIpc) is 3.12. The maximum Gasteiger partial charge on any atom is 0.418 e. The molecular formula is C28H39F3N6O. The molecule has 3 atom stereocenters. The molecule has 7 rings (SSSR count). The first-order valence-electron chi connectivity index (χ1n) is 14.4. The first-order chi connectivity index (χ1) is 18.2. The van der Waals surface area contributed by atoms with Crippen LogP contribution in [0.3, 0.4) is 0 Å². The van der Waals surface area contributed by atoms with Crippen LogP contribution in [0, 0.1) is 16.7 Å². The molecule has 3 aliphatic carbocycles. The molecule has 1 spiro atoms. The smallest absolute Gasteiger partial charge is 0.298 e. The fourth-order valence-corrected chi connectivity index (χ4v) is 8.32. The Kier molecular flexibility index (Phi) is 5.82. The SMILES string of the molecule is CN1CNNC1C1(C2CCCC(n3cc4c(C(F)(F)F)cc(CN5CCC6(CC6)C5)cn4c3=O)C2)CCC1. The van der Waals surface area contributed by atoms with Crippen molar-refractivity contribution in [1.29, 1.82) is 0 Å². The number of hydrogen-bond donors (Lipinski definition) is 2. The Morgan fingerprint density at radius 1 is 1.08 bits per heavy atom. The maximum atomic E-state index is 14.3. The quantitative estimate of drug-likeness (QED) is 0.601. The fraction of sp³-hybridized carbons (Fsp3) is 0.750. The number of likely N-dealkylation sites (tertiary alicyclic amines) is 1. The Morgan fingerprint density at radius 2 is 1.89 bits per heavy atom. The molecule has 2 aliphatic heterocycles. The zero-order valence-corrected chi connectivity index (χ0v) is 22.2. The molecule has 3 unspecified atom stereocenters. The van der Waals surface area contributed by atoms with E-state index in [1.54, 1.807) is 10.8 Å². The molecule has 2 aromatic heterocycles. The van der Waals surface area contributed by atoms with E-state index < -0.39 is 11.7 Å².